The molecule has 3 heterocycles. The Kier molecular flexibility index (Phi) is 4.43. The maximum Gasteiger partial charge on any atom is 0.134 e. The standard InChI is InChI=1S/C19H21N5O/c1-23(13-16-5-2-4-15-6-3-7-20-19(15)16)17-12-18(22-14-21-17)24-8-10-25-11-9-24/h2-7,12,14H,8-11,13H2,1H3. The van der Waals surface area contributed by atoms with Crippen LogP contribution in [0.4, 0.5) is 11.6 Å². The van der Waals surface area contributed by atoms with E-state index in [-0.39, 0.29) is 0 Å². The van der Waals surface area contributed by atoms with E-state index in [0.717, 1.165) is 55.4 Å². The predicted octanol–water partition coefficient (Wildman–Crippen LogP) is 2.50. The first kappa shape index (κ1) is 15.8. The Balaban J connectivity index is 1.57. The number of nitrogens with zero attached hydrogens (tertiary/aromatic N) is 5. The highest BCUT2D eigenvalue weighted by atomic mass is 16.5. The average molecular weight is 335 g/mol. The molecule has 6 nitrogen and oxygen atoms in total. The van der Waals surface area contributed by atoms with Gasteiger partial charge in [-0.2, -0.15) is 0 Å². The molecule has 4 rings (SSSR count). The van der Waals surface area contributed by atoms with Crippen molar-refractivity contribution in [1.29, 1.82) is 0 Å². The number of hydrogen-bond acceptors (Lipinski definition) is 6. The maximum absolute atomic E-state index is 5.42. The first-order valence-corrected chi connectivity index (χ1v) is 8.50. The molecule has 1 saturated heterocycles. The van der Waals surface area contributed by atoms with Crippen molar-refractivity contribution in [2.45, 2.75) is 6.54 Å². The van der Waals surface area contributed by atoms with Gasteiger partial charge < -0.3 is 14.5 Å². The number of aromatic nitrogens is 3. The number of morpholine rings is 1. The summed E-state index contributed by atoms with van der Waals surface area (Å²) in [6, 6.07) is 12.4. The summed E-state index contributed by atoms with van der Waals surface area (Å²) in [6.45, 7) is 3.97. The molecular weight excluding hydrogens is 314 g/mol. The van der Waals surface area contributed by atoms with Crippen molar-refractivity contribution in [2.75, 3.05) is 43.2 Å². The van der Waals surface area contributed by atoms with Crippen LogP contribution in [0, 0.1) is 0 Å². The summed E-state index contributed by atoms with van der Waals surface area (Å²) in [4.78, 5) is 17.8. The second-order valence-electron chi connectivity index (χ2n) is 6.18. The summed E-state index contributed by atoms with van der Waals surface area (Å²) in [7, 11) is 2.05. The Morgan fingerprint density at radius 1 is 1.08 bits per heavy atom. The monoisotopic (exact) mass is 335 g/mol. The number of hydrogen-bond donors (Lipinski definition) is 0. The van der Waals surface area contributed by atoms with Gasteiger partial charge in [0.15, 0.2) is 0 Å². The van der Waals surface area contributed by atoms with E-state index < -0.39 is 0 Å². The summed E-state index contributed by atoms with van der Waals surface area (Å²) in [5.41, 5.74) is 2.23. The fourth-order valence-corrected chi connectivity index (χ4v) is 3.14. The van der Waals surface area contributed by atoms with Crippen molar-refractivity contribution < 1.29 is 4.74 Å². The molecule has 0 unspecified atom stereocenters. The molecule has 0 amide bonds. The van der Waals surface area contributed by atoms with E-state index in [2.05, 4.69) is 49.0 Å². The first-order chi connectivity index (χ1) is 12.3. The molecule has 0 spiro atoms. The number of rotatable bonds is 4. The Labute approximate surface area is 147 Å². The second kappa shape index (κ2) is 7.03. The van der Waals surface area contributed by atoms with E-state index >= 15 is 0 Å². The molecule has 0 saturated carbocycles. The molecule has 128 valence electrons. The number of anilines is 2. The molecule has 2 aromatic heterocycles. The van der Waals surface area contributed by atoms with Gasteiger partial charge in [0, 0.05) is 44.3 Å². The Morgan fingerprint density at radius 3 is 2.80 bits per heavy atom. The highest BCUT2D eigenvalue weighted by molar-refractivity contribution is 5.81. The summed E-state index contributed by atoms with van der Waals surface area (Å²) in [5, 5.41) is 1.16. The van der Waals surface area contributed by atoms with Crippen LogP contribution < -0.4 is 9.80 Å². The quantitative estimate of drug-likeness (QED) is 0.730. The van der Waals surface area contributed by atoms with Crippen LogP contribution in [0.25, 0.3) is 10.9 Å². The van der Waals surface area contributed by atoms with Gasteiger partial charge in [-0.15, -0.1) is 0 Å². The van der Waals surface area contributed by atoms with E-state index in [1.54, 1.807) is 6.33 Å². The average Bonchev–Trinajstić information content (AvgIpc) is 2.69. The van der Waals surface area contributed by atoms with Crippen LogP contribution in [-0.2, 0) is 11.3 Å². The van der Waals surface area contributed by atoms with Crippen LogP contribution in [0.15, 0.2) is 48.9 Å². The van der Waals surface area contributed by atoms with Crippen molar-refractivity contribution in [1.82, 2.24) is 15.0 Å². The first-order valence-electron chi connectivity index (χ1n) is 8.50. The van der Waals surface area contributed by atoms with Crippen LogP contribution in [0.3, 0.4) is 0 Å². The van der Waals surface area contributed by atoms with Crippen LogP contribution in [-0.4, -0.2) is 48.3 Å². The number of fused-ring (bicyclic) bond motifs is 1. The molecule has 1 fully saturated rings. The molecule has 0 bridgehead atoms. The van der Waals surface area contributed by atoms with Gasteiger partial charge in [-0.05, 0) is 11.6 Å². The minimum atomic E-state index is 0.744. The highest BCUT2D eigenvalue weighted by Gasteiger charge is 2.14. The Morgan fingerprint density at radius 2 is 1.92 bits per heavy atom. The SMILES string of the molecule is CN(Cc1cccc2cccnc12)c1cc(N2CCOCC2)ncn1. The van der Waals surface area contributed by atoms with Gasteiger partial charge in [0.2, 0.25) is 0 Å². The lowest BCUT2D eigenvalue weighted by molar-refractivity contribution is 0.122. The summed E-state index contributed by atoms with van der Waals surface area (Å²) >= 11 is 0. The van der Waals surface area contributed by atoms with E-state index in [0.29, 0.717) is 0 Å². The molecule has 0 aliphatic carbocycles. The van der Waals surface area contributed by atoms with Crippen molar-refractivity contribution in [2.24, 2.45) is 0 Å². The zero-order valence-electron chi connectivity index (χ0n) is 14.3. The van der Waals surface area contributed by atoms with Crippen molar-refractivity contribution in [3.8, 4) is 0 Å². The van der Waals surface area contributed by atoms with Crippen LogP contribution >= 0.6 is 0 Å². The van der Waals surface area contributed by atoms with Crippen LogP contribution in [0.2, 0.25) is 0 Å². The van der Waals surface area contributed by atoms with Crippen LogP contribution in [0.5, 0.6) is 0 Å². The van der Waals surface area contributed by atoms with Gasteiger partial charge >= 0.3 is 0 Å². The highest BCUT2D eigenvalue weighted by Crippen LogP contribution is 2.22. The molecule has 6 heteroatoms. The maximum atomic E-state index is 5.42. The summed E-state index contributed by atoms with van der Waals surface area (Å²) in [5.74, 6) is 1.86. The van der Waals surface area contributed by atoms with Gasteiger partial charge in [0.25, 0.3) is 0 Å². The molecule has 1 aliphatic rings. The molecule has 1 aliphatic heterocycles. The van der Waals surface area contributed by atoms with Gasteiger partial charge in [0.1, 0.15) is 18.0 Å². The summed E-state index contributed by atoms with van der Waals surface area (Å²) in [6.07, 6.45) is 3.48. The number of pyridine rings is 1. The van der Waals surface area contributed by atoms with Crippen molar-refractivity contribution >= 4 is 22.5 Å². The smallest absolute Gasteiger partial charge is 0.134 e. The molecule has 0 atom stereocenters. The van der Waals surface area contributed by atoms with E-state index in [9.17, 15) is 0 Å². The number of ether oxygens (including phenoxy) is 1. The molecule has 0 radical (unpaired) electrons. The Bertz CT molecular complexity index is 858. The lowest BCUT2D eigenvalue weighted by Gasteiger charge is -2.28. The number of benzene rings is 1. The fourth-order valence-electron chi connectivity index (χ4n) is 3.14. The van der Waals surface area contributed by atoms with Gasteiger partial charge in [-0.25, -0.2) is 9.97 Å². The third-order valence-electron chi connectivity index (χ3n) is 4.49. The molecule has 1 aromatic carbocycles. The van der Waals surface area contributed by atoms with E-state index in [1.165, 1.54) is 5.56 Å². The minimum absolute atomic E-state index is 0.744. The largest absolute Gasteiger partial charge is 0.378 e. The van der Waals surface area contributed by atoms with Gasteiger partial charge in [0.05, 0.1) is 18.7 Å². The molecule has 0 N–H and O–H groups in total. The van der Waals surface area contributed by atoms with Gasteiger partial charge in [-0.1, -0.05) is 24.3 Å². The third kappa shape index (κ3) is 3.39. The van der Waals surface area contributed by atoms with Gasteiger partial charge in [-0.3, -0.25) is 4.98 Å². The third-order valence-corrected chi connectivity index (χ3v) is 4.49. The molecule has 3 aromatic rings. The predicted molar refractivity (Wildman–Crippen MR) is 98.9 cm³/mol. The normalized spacial score (nSPS) is 14.7. The molecule has 25 heavy (non-hydrogen) atoms. The van der Waals surface area contributed by atoms with E-state index in [4.69, 9.17) is 4.74 Å². The van der Waals surface area contributed by atoms with E-state index in [1.807, 2.05) is 25.4 Å². The lowest BCUT2D eigenvalue weighted by Crippen LogP contribution is -2.36. The molecular formula is C19H21N5O. The topological polar surface area (TPSA) is 54.4 Å². The number of para-hydroxylation sites is 1. The van der Waals surface area contributed by atoms with Crippen molar-refractivity contribution in [3.05, 3.63) is 54.5 Å². The zero-order chi connectivity index (χ0) is 17.1. The van der Waals surface area contributed by atoms with Crippen molar-refractivity contribution in [3.63, 3.8) is 0 Å². The summed E-state index contributed by atoms with van der Waals surface area (Å²) < 4.78 is 5.42. The minimum Gasteiger partial charge on any atom is -0.378 e. The lowest BCUT2D eigenvalue weighted by atomic mass is 10.1. The zero-order valence-corrected chi connectivity index (χ0v) is 14.3. The fraction of sp³-hybridized carbons (Fsp3) is 0.316. The Hall–Kier alpha value is -2.73. The van der Waals surface area contributed by atoms with Crippen LogP contribution in [0.1, 0.15) is 5.56 Å². The second-order valence-corrected chi connectivity index (χ2v) is 6.18.